The lowest BCUT2D eigenvalue weighted by molar-refractivity contribution is 0.634. The zero-order valence-corrected chi connectivity index (χ0v) is 9.53. The van der Waals surface area contributed by atoms with E-state index in [9.17, 15) is 0 Å². The van der Waals surface area contributed by atoms with Gasteiger partial charge in [-0.25, -0.2) is 9.97 Å². The second-order valence-electron chi connectivity index (χ2n) is 4.82. The first-order valence-electron chi connectivity index (χ1n) is 5.79. The third-order valence-corrected chi connectivity index (χ3v) is 2.61. The van der Waals surface area contributed by atoms with Gasteiger partial charge < -0.3 is 5.32 Å². The highest BCUT2D eigenvalue weighted by atomic mass is 15.0. The molecule has 0 radical (unpaired) electrons. The number of anilines is 1. The van der Waals surface area contributed by atoms with E-state index >= 15 is 0 Å². The van der Waals surface area contributed by atoms with E-state index < -0.39 is 0 Å². The normalized spacial score (nSPS) is 15.7. The number of aromatic nitrogens is 2. The summed E-state index contributed by atoms with van der Waals surface area (Å²) in [6.07, 6.45) is 5.43. The molecule has 1 heterocycles. The van der Waals surface area contributed by atoms with E-state index in [4.69, 9.17) is 0 Å². The van der Waals surface area contributed by atoms with Crippen LogP contribution >= 0.6 is 0 Å². The molecule has 0 aromatic carbocycles. The van der Waals surface area contributed by atoms with Gasteiger partial charge in [0.05, 0.1) is 0 Å². The molecule has 1 aliphatic carbocycles. The lowest BCUT2D eigenvalue weighted by Gasteiger charge is -2.07. The summed E-state index contributed by atoms with van der Waals surface area (Å²) in [6.45, 7) is 5.48. The molecule has 0 aliphatic heterocycles. The predicted molar refractivity (Wildman–Crippen MR) is 61.8 cm³/mol. The first-order valence-corrected chi connectivity index (χ1v) is 5.79. The van der Waals surface area contributed by atoms with Crippen LogP contribution in [0.25, 0.3) is 0 Å². The SMILES string of the molecule is CC(C)Cc1cc(NCC2CC2)ncn1. The van der Waals surface area contributed by atoms with Crippen molar-refractivity contribution >= 4 is 5.82 Å². The fourth-order valence-corrected chi connectivity index (χ4v) is 1.60. The molecule has 0 spiro atoms. The summed E-state index contributed by atoms with van der Waals surface area (Å²) in [5.74, 6) is 2.51. The van der Waals surface area contributed by atoms with E-state index in [0.29, 0.717) is 5.92 Å². The maximum atomic E-state index is 4.27. The van der Waals surface area contributed by atoms with Gasteiger partial charge in [0, 0.05) is 18.3 Å². The molecule has 0 atom stereocenters. The summed E-state index contributed by atoms with van der Waals surface area (Å²) in [4.78, 5) is 8.50. The average Bonchev–Trinajstić information content (AvgIpc) is 2.97. The number of hydrogen-bond donors (Lipinski definition) is 1. The molecule has 3 heteroatoms. The molecule has 0 amide bonds. The highest BCUT2D eigenvalue weighted by Gasteiger charge is 2.20. The van der Waals surface area contributed by atoms with Gasteiger partial charge in [-0.05, 0) is 31.1 Å². The number of rotatable bonds is 5. The van der Waals surface area contributed by atoms with Crippen LogP contribution in [0.15, 0.2) is 12.4 Å². The van der Waals surface area contributed by atoms with Crippen molar-refractivity contribution < 1.29 is 0 Å². The molecular formula is C12H19N3. The van der Waals surface area contributed by atoms with Crippen LogP contribution in [0.5, 0.6) is 0 Å². The van der Waals surface area contributed by atoms with Gasteiger partial charge in [-0.15, -0.1) is 0 Å². The van der Waals surface area contributed by atoms with E-state index in [1.165, 1.54) is 12.8 Å². The van der Waals surface area contributed by atoms with Gasteiger partial charge in [0.15, 0.2) is 0 Å². The van der Waals surface area contributed by atoms with Gasteiger partial charge in [0.1, 0.15) is 12.1 Å². The molecule has 0 saturated heterocycles. The molecule has 3 nitrogen and oxygen atoms in total. The zero-order chi connectivity index (χ0) is 10.7. The molecule has 82 valence electrons. The Morgan fingerprint density at radius 1 is 1.40 bits per heavy atom. The standard InChI is InChI=1S/C12H19N3/c1-9(2)5-11-6-12(15-8-14-11)13-7-10-3-4-10/h6,8-10H,3-5,7H2,1-2H3,(H,13,14,15). The first kappa shape index (κ1) is 10.4. The fraction of sp³-hybridized carbons (Fsp3) is 0.667. The molecule has 2 rings (SSSR count). The van der Waals surface area contributed by atoms with Crippen LogP contribution in [0.4, 0.5) is 5.82 Å². The largest absolute Gasteiger partial charge is 0.370 e. The molecule has 1 aromatic heterocycles. The Morgan fingerprint density at radius 3 is 2.87 bits per heavy atom. The molecule has 0 bridgehead atoms. The van der Waals surface area contributed by atoms with Gasteiger partial charge in [-0.2, -0.15) is 0 Å². The maximum absolute atomic E-state index is 4.27. The number of nitrogens with one attached hydrogen (secondary N) is 1. The van der Waals surface area contributed by atoms with Crippen molar-refractivity contribution in [3.8, 4) is 0 Å². The van der Waals surface area contributed by atoms with Crippen LogP contribution in [0.3, 0.4) is 0 Å². The summed E-state index contributed by atoms with van der Waals surface area (Å²) in [7, 11) is 0. The minimum Gasteiger partial charge on any atom is -0.370 e. The molecule has 1 fully saturated rings. The second kappa shape index (κ2) is 4.60. The number of hydrogen-bond acceptors (Lipinski definition) is 3. The lowest BCUT2D eigenvalue weighted by atomic mass is 10.1. The minimum atomic E-state index is 0.649. The summed E-state index contributed by atoms with van der Waals surface area (Å²) in [5, 5.41) is 3.37. The van der Waals surface area contributed by atoms with E-state index in [0.717, 1.165) is 30.4 Å². The van der Waals surface area contributed by atoms with Crippen molar-refractivity contribution in [2.24, 2.45) is 11.8 Å². The fourth-order valence-electron chi connectivity index (χ4n) is 1.60. The lowest BCUT2D eigenvalue weighted by Crippen LogP contribution is -2.06. The van der Waals surface area contributed by atoms with Crippen LogP contribution in [0, 0.1) is 11.8 Å². The van der Waals surface area contributed by atoms with Crippen molar-refractivity contribution in [1.82, 2.24) is 9.97 Å². The molecule has 0 unspecified atom stereocenters. The number of nitrogens with zero attached hydrogens (tertiary/aromatic N) is 2. The summed E-state index contributed by atoms with van der Waals surface area (Å²) >= 11 is 0. The van der Waals surface area contributed by atoms with Crippen LogP contribution in [-0.4, -0.2) is 16.5 Å². The molecular weight excluding hydrogens is 186 g/mol. The molecule has 1 saturated carbocycles. The highest BCUT2D eigenvalue weighted by molar-refractivity contribution is 5.35. The quantitative estimate of drug-likeness (QED) is 0.802. The smallest absolute Gasteiger partial charge is 0.129 e. The Labute approximate surface area is 91.3 Å². The first-order chi connectivity index (χ1) is 7.24. The van der Waals surface area contributed by atoms with E-state index in [1.54, 1.807) is 6.33 Å². The summed E-state index contributed by atoms with van der Waals surface area (Å²) in [6, 6.07) is 2.07. The monoisotopic (exact) mass is 205 g/mol. The Morgan fingerprint density at radius 2 is 2.20 bits per heavy atom. The van der Waals surface area contributed by atoms with Gasteiger partial charge in [-0.1, -0.05) is 13.8 Å². The van der Waals surface area contributed by atoms with Crippen LogP contribution < -0.4 is 5.32 Å². The van der Waals surface area contributed by atoms with E-state index in [2.05, 4.69) is 35.2 Å². The van der Waals surface area contributed by atoms with Gasteiger partial charge in [0.25, 0.3) is 0 Å². The Balaban J connectivity index is 1.91. The van der Waals surface area contributed by atoms with Crippen molar-refractivity contribution in [3.05, 3.63) is 18.1 Å². The third kappa shape index (κ3) is 3.50. The van der Waals surface area contributed by atoms with Crippen LogP contribution in [0.1, 0.15) is 32.4 Å². The average molecular weight is 205 g/mol. The van der Waals surface area contributed by atoms with Gasteiger partial charge in [0.2, 0.25) is 0 Å². The van der Waals surface area contributed by atoms with Crippen molar-refractivity contribution in [3.63, 3.8) is 0 Å². The molecule has 15 heavy (non-hydrogen) atoms. The molecule has 1 N–H and O–H groups in total. The van der Waals surface area contributed by atoms with Gasteiger partial charge in [-0.3, -0.25) is 0 Å². The second-order valence-corrected chi connectivity index (χ2v) is 4.82. The topological polar surface area (TPSA) is 37.8 Å². The van der Waals surface area contributed by atoms with Crippen molar-refractivity contribution in [2.45, 2.75) is 33.1 Å². The third-order valence-electron chi connectivity index (χ3n) is 2.61. The zero-order valence-electron chi connectivity index (χ0n) is 9.53. The Hall–Kier alpha value is -1.12. The highest BCUT2D eigenvalue weighted by Crippen LogP contribution is 2.28. The summed E-state index contributed by atoms with van der Waals surface area (Å²) in [5.41, 5.74) is 1.14. The molecule has 1 aliphatic rings. The predicted octanol–water partition coefficient (Wildman–Crippen LogP) is 2.50. The van der Waals surface area contributed by atoms with Gasteiger partial charge >= 0.3 is 0 Å². The van der Waals surface area contributed by atoms with E-state index in [1.807, 2.05) is 0 Å². The van der Waals surface area contributed by atoms with Crippen LogP contribution in [0.2, 0.25) is 0 Å². The Bertz CT molecular complexity index is 318. The molecule has 1 aromatic rings. The van der Waals surface area contributed by atoms with E-state index in [-0.39, 0.29) is 0 Å². The minimum absolute atomic E-state index is 0.649. The summed E-state index contributed by atoms with van der Waals surface area (Å²) < 4.78 is 0. The maximum Gasteiger partial charge on any atom is 0.129 e. The van der Waals surface area contributed by atoms with Crippen molar-refractivity contribution in [1.29, 1.82) is 0 Å². The van der Waals surface area contributed by atoms with Crippen LogP contribution in [-0.2, 0) is 6.42 Å². The van der Waals surface area contributed by atoms with Crippen molar-refractivity contribution in [2.75, 3.05) is 11.9 Å². The Kier molecular flexibility index (Phi) is 3.19.